The molecule has 4 aromatic rings. The molecule has 0 radical (unpaired) electrons. The van der Waals surface area contributed by atoms with Crippen LogP contribution in [0.3, 0.4) is 0 Å². The first-order valence-electron chi connectivity index (χ1n) is 14.1. The second-order valence-corrected chi connectivity index (χ2v) is 11.8. The van der Waals surface area contributed by atoms with Crippen molar-refractivity contribution in [2.75, 3.05) is 20.0 Å². The number of aromatic nitrogens is 1. The molecule has 0 fully saturated rings. The Hall–Kier alpha value is -4.35. The van der Waals surface area contributed by atoms with Gasteiger partial charge in [0.25, 0.3) is 5.56 Å². The number of allylic oxidation sites excluding steroid dienone is 1. The van der Waals surface area contributed by atoms with E-state index in [2.05, 4.69) is 20.9 Å². The van der Waals surface area contributed by atoms with Gasteiger partial charge in [-0.05, 0) is 83.7 Å². The third-order valence-corrected chi connectivity index (χ3v) is 8.66. The minimum atomic E-state index is -0.763. The highest BCUT2D eigenvalue weighted by Gasteiger charge is 2.34. The Balaban J connectivity index is 1.43. The molecule has 0 saturated heterocycles. The van der Waals surface area contributed by atoms with E-state index in [-0.39, 0.29) is 19.0 Å². The monoisotopic (exact) mass is 676 g/mol. The zero-order valence-corrected chi connectivity index (χ0v) is 26.7. The summed E-state index contributed by atoms with van der Waals surface area (Å²) in [6.45, 7) is 6.50. The van der Waals surface area contributed by atoms with Gasteiger partial charge in [-0.1, -0.05) is 47.7 Å². The minimum Gasteiger partial charge on any atom is -0.490 e. The van der Waals surface area contributed by atoms with Crippen molar-refractivity contribution < 1.29 is 28.5 Å². The lowest BCUT2D eigenvalue weighted by atomic mass is 9.95. The molecule has 226 valence electrons. The van der Waals surface area contributed by atoms with Crippen molar-refractivity contribution in [1.29, 1.82) is 0 Å². The van der Waals surface area contributed by atoms with E-state index >= 15 is 0 Å². The summed E-state index contributed by atoms with van der Waals surface area (Å²) in [6.07, 6.45) is 1.79. The third kappa shape index (κ3) is 5.77. The van der Waals surface area contributed by atoms with E-state index in [1.165, 1.54) is 11.3 Å². The lowest BCUT2D eigenvalue weighted by molar-refractivity contribution is -0.139. The molecule has 0 N–H and O–H groups in total. The molecule has 1 unspecified atom stereocenters. The van der Waals surface area contributed by atoms with Gasteiger partial charge < -0.3 is 23.7 Å². The molecule has 0 saturated carbocycles. The number of rotatable bonds is 9. The topological polar surface area (TPSA) is 97.6 Å². The molecule has 44 heavy (non-hydrogen) atoms. The van der Waals surface area contributed by atoms with E-state index < -0.39 is 12.0 Å². The van der Waals surface area contributed by atoms with Gasteiger partial charge in [0.2, 0.25) is 6.79 Å². The lowest BCUT2D eigenvalue weighted by Gasteiger charge is -2.24. The molecule has 3 heterocycles. The number of nitrogens with zero attached hydrogens (tertiary/aromatic N) is 2. The van der Waals surface area contributed by atoms with Gasteiger partial charge in [-0.3, -0.25) is 9.36 Å². The molecule has 3 aromatic carbocycles. The molecule has 9 nitrogen and oxygen atoms in total. The highest BCUT2D eigenvalue weighted by molar-refractivity contribution is 9.10. The number of carbonyl (C=O) groups excluding carboxylic acids is 1. The minimum absolute atomic E-state index is 0.108. The Kier molecular flexibility index (Phi) is 8.58. The van der Waals surface area contributed by atoms with Gasteiger partial charge in [-0.15, -0.1) is 0 Å². The van der Waals surface area contributed by atoms with Crippen LogP contribution in [0, 0.1) is 0 Å². The van der Waals surface area contributed by atoms with Crippen LogP contribution >= 0.6 is 27.3 Å². The van der Waals surface area contributed by atoms with Gasteiger partial charge in [0.05, 0.1) is 39.5 Å². The first kappa shape index (κ1) is 29.7. The SMILES string of the molecule is CCOC(=O)C1=C(C)N=c2sc(=Cc3cc(Br)c(OCc4ccccc4)c(OCC)c3)c(=O)n2C1c1ccc2c(c1)OCO2. The van der Waals surface area contributed by atoms with Crippen molar-refractivity contribution in [3.05, 3.63) is 113 Å². The Bertz CT molecular complexity index is 1950. The zero-order valence-electron chi connectivity index (χ0n) is 24.3. The van der Waals surface area contributed by atoms with E-state index in [1.54, 1.807) is 36.6 Å². The smallest absolute Gasteiger partial charge is 0.338 e. The number of benzene rings is 3. The highest BCUT2D eigenvalue weighted by atomic mass is 79.9. The highest BCUT2D eigenvalue weighted by Crippen LogP contribution is 2.39. The molecule has 6 rings (SSSR count). The van der Waals surface area contributed by atoms with E-state index in [0.29, 0.717) is 66.9 Å². The maximum atomic E-state index is 14.1. The summed E-state index contributed by atoms with van der Waals surface area (Å²) in [5, 5.41) is 0. The van der Waals surface area contributed by atoms with Crippen LogP contribution in [-0.4, -0.2) is 30.5 Å². The predicted molar refractivity (Wildman–Crippen MR) is 169 cm³/mol. The second-order valence-electron chi connectivity index (χ2n) is 9.95. The Morgan fingerprint density at radius 2 is 1.86 bits per heavy atom. The summed E-state index contributed by atoms with van der Waals surface area (Å²) < 4.78 is 31.2. The van der Waals surface area contributed by atoms with Gasteiger partial charge in [-0.2, -0.15) is 0 Å². The average Bonchev–Trinajstić information content (AvgIpc) is 3.60. The molecule has 0 amide bonds. The molecule has 2 aliphatic rings. The van der Waals surface area contributed by atoms with Crippen LogP contribution in [0.1, 0.15) is 43.5 Å². The van der Waals surface area contributed by atoms with Crippen LogP contribution in [0.2, 0.25) is 0 Å². The van der Waals surface area contributed by atoms with Crippen LogP contribution in [0.4, 0.5) is 0 Å². The van der Waals surface area contributed by atoms with Crippen LogP contribution in [0.25, 0.3) is 6.08 Å². The molecular formula is C33H29BrN2O7S. The fourth-order valence-electron chi connectivity index (χ4n) is 5.15. The Morgan fingerprint density at radius 1 is 1.07 bits per heavy atom. The fourth-order valence-corrected chi connectivity index (χ4v) is 6.77. The van der Waals surface area contributed by atoms with Crippen LogP contribution in [0.5, 0.6) is 23.0 Å². The van der Waals surface area contributed by atoms with Gasteiger partial charge in [0, 0.05) is 0 Å². The Morgan fingerprint density at radius 3 is 2.64 bits per heavy atom. The average molecular weight is 678 g/mol. The quantitative estimate of drug-likeness (QED) is 0.223. The molecule has 1 atom stereocenters. The number of esters is 1. The fraction of sp³-hybridized carbons (Fsp3) is 0.242. The number of hydrogen-bond donors (Lipinski definition) is 0. The maximum Gasteiger partial charge on any atom is 0.338 e. The maximum absolute atomic E-state index is 14.1. The molecule has 0 spiro atoms. The third-order valence-electron chi connectivity index (χ3n) is 7.08. The van der Waals surface area contributed by atoms with E-state index in [0.717, 1.165) is 11.1 Å². The number of halogens is 1. The van der Waals surface area contributed by atoms with E-state index in [1.807, 2.05) is 55.5 Å². The van der Waals surface area contributed by atoms with Gasteiger partial charge in [-0.25, -0.2) is 9.79 Å². The zero-order chi connectivity index (χ0) is 30.8. The largest absolute Gasteiger partial charge is 0.490 e. The summed E-state index contributed by atoms with van der Waals surface area (Å²) in [5.41, 5.74) is 2.94. The van der Waals surface area contributed by atoms with E-state index in [4.69, 9.17) is 23.7 Å². The number of ether oxygens (including phenoxy) is 5. The summed E-state index contributed by atoms with van der Waals surface area (Å²) in [4.78, 5) is 32.4. The molecule has 2 aliphatic heterocycles. The van der Waals surface area contributed by atoms with Crippen LogP contribution < -0.4 is 33.8 Å². The standard InChI is InChI=1S/C33H29BrN2O7S/c1-4-39-26-14-21(13-23(34)30(26)41-17-20-9-7-6-8-10-20)15-27-31(37)36-29(22-11-12-24-25(16-22)43-18-42-24)28(32(38)40-5-2)19(3)35-33(36)44-27/h6-16,29H,4-5,17-18H2,1-3H3. The van der Waals surface area contributed by atoms with E-state index in [9.17, 15) is 9.59 Å². The molecule has 0 bridgehead atoms. The van der Waals surface area contributed by atoms with Crippen molar-refractivity contribution in [2.45, 2.75) is 33.4 Å². The molecule has 0 aliphatic carbocycles. The van der Waals surface area contributed by atoms with Gasteiger partial charge >= 0.3 is 5.97 Å². The summed E-state index contributed by atoms with van der Waals surface area (Å²) in [6, 6.07) is 18.2. The van der Waals surface area contributed by atoms with Crippen molar-refractivity contribution >= 4 is 39.3 Å². The normalized spacial score (nSPS) is 15.5. The first-order chi connectivity index (χ1) is 21.4. The number of carbonyl (C=O) groups is 1. The van der Waals surface area contributed by atoms with Crippen molar-refractivity contribution in [3.63, 3.8) is 0 Å². The molecule has 1 aromatic heterocycles. The predicted octanol–water partition coefficient (Wildman–Crippen LogP) is 5.27. The number of fused-ring (bicyclic) bond motifs is 2. The lowest BCUT2D eigenvalue weighted by Crippen LogP contribution is -2.39. The molecular weight excluding hydrogens is 648 g/mol. The van der Waals surface area contributed by atoms with Gasteiger partial charge in [0.1, 0.15) is 6.61 Å². The van der Waals surface area contributed by atoms with Crippen molar-refractivity contribution in [3.8, 4) is 23.0 Å². The van der Waals surface area contributed by atoms with Crippen LogP contribution in [-0.2, 0) is 16.1 Å². The Labute approximate surface area is 265 Å². The number of hydrogen-bond acceptors (Lipinski definition) is 9. The first-order valence-corrected chi connectivity index (χ1v) is 15.7. The second kappa shape index (κ2) is 12.7. The number of thiazole rings is 1. The summed E-state index contributed by atoms with van der Waals surface area (Å²) >= 11 is 4.88. The summed E-state index contributed by atoms with van der Waals surface area (Å²) in [5.74, 6) is 1.75. The van der Waals surface area contributed by atoms with Crippen molar-refractivity contribution in [1.82, 2.24) is 4.57 Å². The van der Waals surface area contributed by atoms with Crippen LogP contribution in [0.15, 0.2) is 86.2 Å². The summed E-state index contributed by atoms with van der Waals surface area (Å²) in [7, 11) is 0. The van der Waals surface area contributed by atoms with Gasteiger partial charge in [0.15, 0.2) is 27.8 Å². The molecule has 11 heteroatoms. The van der Waals surface area contributed by atoms with Crippen molar-refractivity contribution in [2.24, 2.45) is 4.99 Å².